The minimum atomic E-state index is -0.108. The Labute approximate surface area is 115 Å². The van der Waals surface area contributed by atoms with Gasteiger partial charge >= 0.3 is 0 Å². The summed E-state index contributed by atoms with van der Waals surface area (Å²) in [4.78, 5) is 16.4. The van der Waals surface area contributed by atoms with Crippen LogP contribution in [0.1, 0.15) is 11.1 Å². The van der Waals surface area contributed by atoms with Crippen molar-refractivity contribution in [2.75, 3.05) is 38.6 Å². The number of piperazine rings is 1. The van der Waals surface area contributed by atoms with E-state index in [1.165, 1.54) is 16.8 Å². The molecule has 1 unspecified atom stereocenters. The first kappa shape index (κ1) is 13.9. The molecular formula is C15H23N3O. The average molecular weight is 261 g/mol. The molecule has 0 saturated carbocycles. The Morgan fingerprint density at radius 1 is 1.26 bits per heavy atom. The van der Waals surface area contributed by atoms with Crippen LogP contribution in [0.25, 0.3) is 0 Å². The van der Waals surface area contributed by atoms with E-state index in [2.05, 4.69) is 42.3 Å². The Hall–Kier alpha value is -1.55. The Morgan fingerprint density at radius 2 is 1.89 bits per heavy atom. The van der Waals surface area contributed by atoms with Gasteiger partial charge in [-0.15, -0.1) is 0 Å². The Bertz CT molecular complexity index is 452. The zero-order chi connectivity index (χ0) is 14.0. The summed E-state index contributed by atoms with van der Waals surface area (Å²) in [6.07, 6.45) is 0. The third-order valence-electron chi connectivity index (χ3n) is 3.84. The summed E-state index contributed by atoms with van der Waals surface area (Å²) in [6, 6.07) is 6.19. The van der Waals surface area contributed by atoms with Gasteiger partial charge in [-0.3, -0.25) is 4.79 Å². The number of aryl methyl sites for hydroxylation is 2. The van der Waals surface area contributed by atoms with Gasteiger partial charge < -0.3 is 15.1 Å². The summed E-state index contributed by atoms with van der Waals surface area (Å²) in [5.41, 5.74) is 3.68. The van der Waals surface area contributed by atoms with Crippen molar-refractivity contribution in [3.8, 4) is 0 Å². The quantitative estimate of drug-likeness (QED) is 0.887. The van der Waals surface area contributed by atoms with Gasteiger partial charge in [0.1, 0.15) is 6.04 Å². The van der Waals surface area contributed by atoms with Crippen molar-refractivity contribution < 1.29 is 4.79 Å². The van der Waals surface area contributed by atoms with Crippen LogP contribution in [0.15, 0.2) is 18.2 Å². The molecule has 1 aromatic carbocycles. The third kappa shape index (κ3) is 2.59. The summed E-state index contributed by atoms with van der Waals surface area (Å²) in [7, 11) is 3.78. The number of nitrogens with zero attached hydrogens (tertiary/aromatic N) is 2. The second kappa shape index (κ2) is 5.61. The number of likely N-dealkylation sites (N-methyl/N-ethyl adjacent to an activating group) is 2. The van der Waals surface area contributed by atoms with Gasteiger partial charge in [0.05, 0.1) is 0 Å². The van der Waals surface area contributed by atoms with Crippen LogP contribution in [0, 0.1) is 13.8 Å². The van der Waals surface area contributed by atoms with Crippen LogP contribution in [0.3, 0.4) is 0 Å². The van der Waals surface area contributed by atoms with Crippen molar-refractivity contribution in [2.24, 2.45) is 0 Å². The van der Waals surface area contributed by atoms with Crippen LogP contribution in [-0.2, 0) is 4.79 Å². The minimum absolute atomic E-state index is 0.108. The number of hydrogen-bond acceptors (Lipinski definition) is 3. The lowest BCUT2D eigenvalue weighted by Gasteiger charge is -2.41. The Kier molecular flexibility index (Phi) is 4.10. The molecule has 1 N–H and O–H groups in total. The van der Waals surface area contributed by atoms with Crippen LogP contribution in [0.2, 0.25) is 0 Å². The molecule has 4 nitrogen and oxygen atoms in total. The maximum Gasteiger partial charge on any atom is 0.246 e. The van der Waals surface area contributed by atoms with E-state index in [1.54, 1.807) is 0 Å². The fourth-order valence-corrected chi connectivity index (χ4v) is 2.83. The molecule has 0 aromatic heterocycles. The lowest BCUT2D eigenvalue weighted by atomic mass is 10.0. The summed E-state index contributed by atoms with van der Waals surface area (Å²) in [5.74, 6) is 0.197. The summed E-state index contributed by atoms with van der Waals surface area (Å²) in [5, 5.41) is 3.14. The van der Waals surface area contributed by atoms with Gasteiger partial charge in [-0.25, -0.2) is 0 Å². The number of para-hydroxylation sites is 1. The van der Waals surface area contributed by atoms with E-state index in [4.69, 9.17) is 0 Å². The zero-order valence-corrected chi connectivity index (χ0v) is 12.2. The first-order chi connectivity index (χ1) is 9.06. The van der Waals surface area contributed by atoms with Crippen LogP contribution in [-0.4, -0.2) is 50.6 Å². The number of anilines is 1. The van der Waals surface area contributed by atoms with Crippen LogP contribution in [0.4, 0.5) is 5.69 Å². The van der Waals surface area contributed by atoms with Crippen molar-refractivity contribution in [3.05, 3.63) is 29.3 Å². The predicted octanol–water partition coefficient (Wildman–Crippen LogP) is 1.17. The van der Waals surface area contributed by atoms with Gasteiger partial charge in [0.2, 0.25) is 5.91 Å². The number of carbonyl (C=O) groups excluding carboxylic acids is 1. The molecule has 0 radical (unpaired) electrons. The van der Waals surface area contributed by atoms with E-state index in [-0.39, 0.29) is 11.9 Å². The van der Waals surface area contributed by atoms with Crippen molar-refractivity contribution in [3.63, 3.8) is 0 Å². The summed E-state index contributed by atoms with van der Waals surface area (Å²) in [6.45, 7) is 6.58. The van der Waals surface area contributed by atoms with Crippen LogP contribution in [0.5, 0.6) is 0 Å². The third-order valence-corrected chi connectivity index (χ3v) is 3.84. The average Bonchev–Trinajstić information content (AvgIpc) is 2.37. The number of carbonyl (C=O) groups is 1. The van der Waals surface area contributed by atoms with E-state index in [1.807, 2.05) is 19.0 Å². The monoisotopic (exact) mass is 261 g/mol. The van der Waals surface area contributed by atoms with E-state index in [0.29, 0.717) is 6.54 Å². The molecule has 1 atom stereocenters. The lowest BCUT2D eigenvalue weighted by molar-refractivity contribution is -0.132. The second-order valence-electron chi connectivity index (χ2n) is 5.27. The van der Waals surface area contributed by atoms with Crippen LogP contribution < -0.4 is 10.2 Å². The Morgan fingerprint density at radius 3 is 2.47 bits per heavy atom. The van der Waals surface area contributed by atoms with Crippen molar-refractivity contribution >= 4 is 11.6 Å². The van der Waals surface area contributed by atoms with Gasteiger partial charge in [0, 0.05) is 32.4 Å². The molecule has 0 bridgehead atoms. The summed E-state index contributed by atoms with van der Waals surface area (Å²) < 4.78 is 0. The summed E-state index contributed by atoms with van der Waals surface area (Å²) >= 11 is 0. The molecule has 1 fully saturated rings. The molecule has 0 spiro atoms. The van der Waals surface area contributed by atoms with Crippen molar-refractivity contribution in [2.45, 2.75) is 19.9 Å². The molecule has 1 amide bonds. The number of rotatable bonds is 3. The number of nitrogens with one attached hydrogen (secondary N) is 1. The van der Waals surface area contributed by atoms with E-state index in [9.17, 15) is 4.79 Å². The molecule has 0 aliphatic carbocycles. The molecule has 1 aliphatic heterocycles. The maximum absolute atomic E-state index is 12.4. The highest BCUT2D eigenvalue weighted by Crippen LogP contribution is 2.28. The van der Waals surface area contributed by atoms with E-state index >= 15 is 0 Å². The van der Waals surface area contributed by atoms with E-state index < -0.39 is 0 Å². The lowest BCUT2D eigenvalue weighted by Crippen LogP contribution is -2.59. The molecular weight excluding hydrogens is 238 g/mol. The van der Waals surface area contributed by atoms with Crippen molar-refractivity contribution in [1.82, 2.24) is 10.2 Å². The molecule has 4 heteroatoms. The van der Waals surface area contributed by atoms with Gasteiger partial charge in [0.25, 0.3) is 0 Å². The SMILES string of the molecule is CNCC1C(=O)N(C)CCN1c1c(C)cccc1C. The topological polar surface area (TPSA) is 35.6 Å². The number of hydrogen-bond donors (Lipinski definition) is 1. The molecule has 2 rings (SSSR count). The minimum Gasteiger partial charge on any atom is -0.356 e. The smallest absolute Gasteiger partial charge is 0.246 e. The van der Waals surface area contributed by atoms with Gasteiger partial charge in [-0.05, 0) is 32.0 Å². The van der Waals surface area contributed by atoms with Gasteiger partial charge in [-0.2, -0.15) is 0 Å². The van der Waals surface area contributed by atoms with E-state index in [0.717, 1.165) is 13.1 Å². The maximum atomic E-state index is 12.4. The van der Waals surface area contributed by atoms with Gasteiger partial charge in [-0.1, -0.05) is 18.2 Å². The largest absolute Gasteiger partial charge is 0.356 e. The highest BCUT2D eigenvalue weighted by atomic mass is 16.2. The van der Waals surface area contributed by atoms with Crippen LogP contribution >= 0.6 is 0 Å². The standard InChI is InChI=1S/C15H23N3O/c1-11-6-5-7-12(2)14(11)18-9-8-17(4)15(19)13(18)10-16-3/h5-7,13,16H,8-10H2,1-4H3. The number of amides is 1. The molecule has 1 aliphatic rings. The van der Waals surface area contributed by atoms with Gasteiger partial charge in [0.15, 0.2) is 0 Å². The fourth-order valence-electron chi connectivity index (χ4n) is 2.83. The fraction of sp³-hybridized carbons (Fsp3) is 0.533. The first-order valence-corrected chi connectivity index (χ1v) is 6.78. The highest BCUT2D eigenvalue weighted by Gasteiger charge is 2.33. The molecule has 1 aromatic rings. The zero-order valence-electron chi connectivity index (χ0n) is 12.2. The molecule has 19 heavy (non-hydrogen) atoms. The molecule has 1 heterocycles. The molecule has 104 valence electrons. The normalized spacial score (nSPS) is 20.0. The first-order valence-electron chi connectivity index (χ1n) is 6.78. The highest BCUT2D eigenvalue weighted by molar-refractivity contribution is 5.87. The Balaban J connectivity index is 2.38. The number of benzene rings is 1. The van der Waals surface area contributed by atoms with Crippen molar-refractivity contribution in [1.29, 1.82) is 0 Å². The predicted molar refractivity (Wildman–Crippen MR) is 78.6 cm³/mol. The second-order valence-corrected chi connectivity index (χ2v) is 5.27. The molecule has 1 saturated heterocycles.